The van der Waals surface area contributed by atoms with Gasteiger partial charge in [0.25, 0.3) is 0 Å². The van der Waals surface area contributed by atoms with Crippen LogP contribution in [0.15, 0.2) is 42.7 Å². The largest absolute Gasteiger partial charge is 0.354 e. The maximum atomic E-state index is 4.53. The minimum absolute atomic E-state index is 0.649. The monoisotopic (exact) mass is 284 g/mol. The Morgan fingerprint density at radius 1 is 1.10 bits per heavy atom. The third-order valence-corrected chi connectivity index (χ3v) is 3.22. The average molecular weight is 284 g/mol. The molecule has 0 aliphatic carbocycles. The van der Waals surface area contributed by atoms with Crippen LogP contribution in [0.5, 0.6) is 0 Å². The molecule has 2 aromatic heterocycles. The third-order valence-electron chi connectivity index (χ3n) is 3.22. The normalized spacial score (nSPS) is 10.9. The van der Waals surface area contributed by atoms with Gasteiger partial charge in [0.15, 0.2) is 0 Å². The molecule has 0 fully saturated rings. The first-order valence-corrected chi connectivity index (χ1v) is 7.42. The van der Waals surface area contributed by atoms with E-state index in [0.717, 1.165) is 31.1 Å². The van der Waals surface area contributed by atoms with Gasteiger partial charge in [0.1, 0.15) is 5.82 Å². The first-order chi connectivity index (χ1) is 10.2. The van der Waals surface area contributed by atoms with Crippen LogP contribution in [0, 0.1) is 5.92 Å². The van der Waals surface area contributed by atoms with Gasteiger partial charge in [-0.25, -0.2) is 4.98 Å². The first kappa shape index (κ1) is 15.4. The van der Waals surface area contributed by atoms with Crippen LogP contribution in [-0.4, -0.2) is 23.6 Å². The molecular weight excluding hydrogens is 260 g/mol. The number of rotatable bonds is 7. The number of pyridine rings is 2. The van der Waals surface area contributed by atoms with Crippen LogP contribution < -0.4 is 10.2 Å². The zero-order chi connectivity index (χ0) is 15.1. The van der Waals surface area contributed by atoms with Crippen LogP contribution in [0.1, 0.15) is 25.1 Å². The number of hydrogen-bond donors (Lipinski definition) is 1. The maximum absolute atomic E-state index is 4.53. The molecule has 0 atom stereocenters. The summed E-state index contributed by atoms with van der Waals surface area (Å²) < 4.78 is 0. The lowest BCUT2D eigenvalue weighted by molar-refractivity contribution is 0.551. The van der Waals surface area contributed by atoms with E-state index in [4.69, 9.17) is 0 Å². The molecule has 2 aromatic rings. The van der Waals surface area contributed by atoms with Crippen molar-refractivity contribution in [3.05, 3.63) is 54.0 Å². The van der Waals surface area contributed by atoms with Crippen molar-refractivity contribution in [2.75, 3.05) is 18.5 Å². The van der Waals surface area contributed by atoms with Crippen molar-refractivity contribution in [2.45, 2.75) is 26.9 Å². The second kappa shape index (κ2) is 7.74. The van der Waals surface area contributed by atoms with Gasteiger partial charge in [-0.3, -0.25) is 4.98 Å². The second-order valence-corrected chi connectivity index (χ2v) is 5.69. The molecule has 0 aliphatic rings. The quantitative estimate of drug-likeness (QED) is 0.849. The van der Waals surface area contributed by atoms with Crippen LogP contribution in [0.4, 0.5) is 5.82 Å². The van der Waals surface area contributed by atoms with E-state index in [1.165, 1.54) is 5.56 Å². The summed E-state index contributed by atoms with van der Waals surface area (Å²) in [7, 11) is 2.06. The van der Waals surface area contributed by atoms with Gasteiger partial charge >= 0.3 is 0 Å². The minimum Gasteiger partial charge on any atom is -0.354 e. The molecule has 112 valence electrons. The van der Waals surface area contributed by atoms with E-state index in [-0.39, 0.29) is 0 Å². The van der Waals surface area contributed by atoms with Crippen molar-refractivity contribution in [1.82, 2.24) is 15.3 Å². The summed E-state index contributed by atoms with van der Waals surface area (Å²) in [5.41, 5.74) is 2.27. The Morgan fingerprint density at radius 2 is 1.90 bits per heavy atom. The molecule has 0 bridgehead atoms. The van der Waals surface area contributed by atoms with E-state index in [1.807, 2.05) is 36.7 Å². The molecule has 4 heteroatoms. The van der Waals surface area contributed by atoms with E-state index in [9.17, 15) is 0 Å². The zero-order valence-electron chi connectivity index (χ0n) is 13.1. The van der Waals surface area contributed by atoms with Crippen LogP contribution in [0.2, 0.25) is 0 Å². The van der Waals surface area contributed by atoms with Crippen LogP contribution >= 0.6 is 0 Å². The highest BCUT2D eigenvalue weighted by Crippen LogP contribution is 2.17. The van der Waals surface area contributed by atoms with E-state index >= 15 is 0 Å². The topological polar surface area (TPSA) is 41.1 Å². The highest BCUT2D eigenvalue weighted by atomic mass is 15.2. The van der Waals surface area contributed by atoms with Crippen molar-refractivity contribution < 1.29 is 0 Å². The van der Waals surface area contributed by atoms with Crippen LogP contribution in [0.3, 0.4) is 0 Å². The van der Waals surface area contributed by atoms with E-state index < -0.39 is 0 Å². The summed E-state index contributed by atoms with van der Waals surface area (Å²) in [5, 5.41) is 3.48. The Bertz CT molecular complexity index is 539. The van der Waals surface area contributed by atoms with Crippen molar-refractivity contribution in [3.8, 4) is 0 Å². The molecular formula is C17H24N4. The lowest BCUT2D eigenvalue weighted by Crippen LogP contribution is -2.24. The predicted molar refractivity (Wildman–Crippen MR) is 87.1 cm³/mol. The molecule has 0 aromatic carbocycles. The van der Waals surface area contributed by atoms with Gasteiger partial charge in [0, 0.05) is 31.5 Å². The molecule has 2 heterocycles. The molecule has 4 nitrogen and oxygen atoms in total. The Morgan fingerprint density at radius 3 is 2.62 bits per heavy atom. The second-order valence-electron chi connectivity index (χ2n) is 5.69. The summed E-state index contributed by atoms with van der Waals surface area (Å²) in [6.45, 7) is 7.04. The Labute approximate surface area is 127 Å². The van der Waals surface area contributed by atoms with E-state index in [2.05, 4.69) is 47.1 Å². The van der Waals surface area contributed by atoms with Gasteiger partial charge in [0.2, 0.25) is 0 Å². The molecule has 21 heavy (non-hydrogen) atoms. The van der Waals surface area contributed by atoms with Crippen molar-refractivity contribution in [2.24, 2.45) is 5.92 Å². The molecule has 0 saturated carbocycles. The van der Waals surface area contributed by atoms with Crippen molar-refractivity contribution in [3.63, 3.8) is 0 Å². The number of aromatic nitrogens is 2. The van der Waals surface area contributed by atoms with Gasteiger partial charge in [-0.2, -0.15) is 0 Å². The van der Waals surface area contributed by atoms with Crippen molar-refractivity contribution in [1.29, 1.82) is 0 Å². The predicted octanol–water partition coefficient (Wildman–Crippen LogP) is 2.86. The molecule has 0 aliphatic heterocycles. The summed E-state index contributed by atoms with van der Waals surface area (Å²) in [6.07, 6.45) is 3.67. The fourth-order valence-electron chi connectivity index (χ4n) is 2.22. The first-order valence-electron chi connectivity index (χ1n) is 7.42. The van der Waals surface area contributed by atoms with Gasteiger partial charge in [-0.05, 0) is 30.7 Å². The van der Waals surface area contributed by atoms with E-state index in [0.29, 0.717) is 5.92 Å². The molecule has 0 amide bonds. The number of nitrogens with zero attached hydrogens (tertiary/aromatic N) is 3. The van der Waals surface area contributed by atoms with E-state index in [1.54, 1.807) is 0 Å². The molecule has 0 unspecified atom stereocenters. The molecule has 1 N–H and O–H groups in total. The van der Waals surface area contributed by atoms with Gasteiger partial charge in [0.05, 0.1) is 12.2 Å². The Kier molecular flexibility index (Phi) is 5.69. The molecule has 0 radical (unpaired) electrons. The highest BCUT2D eigenvalue weighted by molar-refractivity contribution is 5.46. The van der Waals surface area contributed by atoms with Gasteiger partial charge < -0.3 is 10.2 Å². The Balaban J connectivity index is 2.04. The third kappa shape index (κ3) is 4.83. The number of hydrogen-bond acceptors (Lipinski definition) is 4. The minimum atomic E-state index is 0.649. The summed E-state index contributed by atoms with van der Waals surface area (Å²) in [5.74, 6) is 1.66. The van der Waals surface area contributed by atoms with Crippen LogP contribution in [0.25, 0.3) is 0 Å². The molecule has 0 saturated heterocycles. The SMILES string of the molecule is CC(C)CNCc1cccnc1N(C)Cc1ccccn1. The highest BCUT2D eigenvalue weighted by Gasteiger charge is 2.09. The summed E-state index contributed by atoms with van der Waals surface area (Å²) in [6, 6.07) is 10.1. The van der Waals surface area contributed by atoms with Crippen molar-refractivity contribution >= 4 is 5.82 Å². The van der Waals surface area contributed by atoms with Crippen LogP contribution in [-0.2, 0) is 13.1 Å². The fourth-order valence-corrected chi connectivity index (χ4v) is 2.22. The number of anilines is 1. The summed E-state index contributed by atoms with van der Waals surface area (Å²) >= 11 is 0. The maximum Gasteiger partial charge on any atom is 0.133 e. The fraction of sp³-hybridized carbons (Fsp3) is 0.412. The number of nitrogens with one attached hydrogen (secondary N) is 1. The molecule has 0 spiro atoms. The van der Waals surface area contributed by atoms with Gasteiger partial charge in [-0.15, -0.1) is 0 Å². The Hall–Kier alpha value is -1.94. The average Bonchev–Trinajstić information content (AvgIpc) is 2.48. The standard InChI is InChI=1S/C17H24N4/c1-14(2)11-18-12-15-7-6-10-20-17(15)21(3)13-16-8-4-5-9-19-16/h4-10,14,18H,11-13H2,1-3H3. The smallest absolute Gasteiger partial charge is 0.133 e. The lowest BCUT2D eigenvalue weighted by atomic mass is 10.2. The molecule has 2 rings (SSSR count). The summed E-state index contributed by atoms with van der Waals surface area (Å²) in [4.78, 5) is 11.1. The zero-order valence-corrected chi connectivity index (χ0v) is 13.1. The lowest BCUT2D eigenvalue weighted by Gasteiger charge is -2.21. The van der Waals surface area contributed by atoms with Gasteiger partial charge in [-0.1, -0.05) is 26.0 Å².